The Morgan fingerprint density at radius 1 is 1.03 bits per heavy atom. The standard InChI is InChI=1S/C24H21NO6/c1-24(2)14-30-23(29)20(24)31-19(26)12-16(15-8-4-3-5-9-15)13-25-21(27)17-10-6-7-11-18(17)22(25)28/h3-12,20H,13-14H2,1-2H3/b16-12+/t20-/m0/s1. The van der Waals surface area contributed by atoms with Crippen molar-refractivity contribution in [3.05, 3.63) is 77.4 Å². The van der Waals surface area contributed by atoms with Gasteiger partial charge in [-0.3, -0.25) is 14.5 Å². The Morgan fingerprint density at radius 2 is 1.61 bits per heavy atom. The number of carbonyl (C=O) groups excluding carboxylic acids is 4. The number of rotatable bonds is 5. The van der Waals surface area contributed by atoms with Crippen LogP contribution < -0.4 is 0 Å². The highest BCUT2D eigenvalue weighted by molar-refractivity contribution is 6.22. The lowest BCUT2D eigenvalue weighted by Gasteiger charge is -2.21. The third-order valence-electron chi connectivity index (χ3n) is 5.39. The smallest absolute Gasteiger partial charge is 0.348 e. The topological polar surface area (TPSA) is 90.0 Å². The van der Waals surface area contributed by atoms with Crippen LogP contribution in [0.25, 0.3) is 5.57 Å². The number of hydrogen-bond donors (Lipinski definition) is 0. The molecule has 158 valence electrons. The van der Waals surface area contributed by atoms with Crippen molar-refractivity contribution in [3.63, 3.8) is 0 Å². The fourth-order valence-corrected chi connectivity index (χ4v) is 3.65. The maximum Gasteiger partial charge on any atom is 0.348 e. The molecule has 0 saturated carbocycles. The molecular weight excluding hydrogens is 398 g/mol. The molecule has 0 N–H and O–H groups in total. The first-order valence-electron chi connectivity index (χ1n) is 9.86. The lowest BCUT2D eigenvalue weighted by molar-refractivity contribution is -0.159. The number of benzene rings is 2. The lowest BCUT2D eigenvalue weighted by Crippen LogP contribution is -2.35. The van der Waals surface area contributed by atoms with Crippen LogP contribution in [0.3, 0.4) is 0 Å². The summed E-state index contributed by atoms with van der Waals surface area (Å²) in [5.74, 6) is -2.17. The molecule has 1 saturated heterocycles. The molecular formula is C24H21NO6. The van der Waals surface area contributed by atoms with Crippen molar-refractivity contribution in [3.8, 4) is 0 Å². The van der Waals surface area contributed by atoms with Gasteiger partial charge in [0.05, 0.1) is 17.7 Å². The molecule has 0 radical (unpaired) electrons. The van der Waals surface area contributed by atoms with Crippen molar-refractivity contribution in [2.45, 2.75) is 20.0 Å². The first-order valence-corrected chi connectivity index (χ1v) is 9.86. The number of imide groups is 1. The van der Waals surface area contributed by atoms with E-state index >= 15 is 0 Å². The monoisotopic (exact) mass is 419 g/mol. The summed E-state index contributed by atoms with van der Waals surface area (Å²) in [7, 11) is 0. The van der Waals surface area contributed by atoms with Crippen LogP contribution >= 0.6 is 0 Å². The number of cyclic esters (lactones) is 1. The summed E-state index contributed by atoms with van der Waals surface area (Å²) in [5.41, 5.74) is 1.10. The molecule has 2 aliphatic rings. The van der Waals surface area contributed by atoms with Gasteiger partial charge in [0.25, 0.3) is 11.8 Å². The molecule has 4 rings (SSSR count). The first kappa shape index (κ1) is 20.5. The zero-order valence-electron chi connectivity index (χ0n) is 17.2. The molecule has 2 heterocycles. The largest absolute Gasteiger partial charge is 0.462 e. The highest BCUT2D eigenvalue weighted by Crippen LogP contribution is 2.31. The van der Waals surface area contributed by atoms with E-state index in [-0.39, 0.29) is 13.2 Å². The van der Waals surface area contributed by atoms with Crippen molar-refractivity contribution >= 4 is 29.3 Å². The molecule has 1 fully saturated rings. The zero-order valence-corrected chi connectivity index (χ0v) is 17.2. The molecule has 0 bridgehead atoms. The van der Waals surface area contributed by atoms with E-state index in [4.69, 9.17) is 9.47 Å². The number of amides is 2. The minimum absolute atomic E-state index is 0.107. The molecule has 2 aromatic rings. The normalized spacial score (nSPS) is 19.9. The van der Waals surface area contributed by atoms with Gasteiger partial charge in [0, 0.05) is 11.5 Å². The van der Waals surface area contributed by atoms with Crippen LogP contribution in [0.2, 0.25) is 0 Å². The van der Waals surface area contributed by atoms with Gasteiger partial charge in [0.2, 0.25) is 6.10 Å². The SMILES string of the molecule is CC1(C)COC(=O)[C@@H]1OC(=O)/C=C(\CN1C(=O)c2ccccc2C1=O)c1ccccc1. The number of esters is 2. The predicted octanol–water partition coefficient (Wildman–Crippen LogP) is 2.86. The van der Waals surface area contributed by atoms with E-state index in [9.17, 15) is 19.2 Å². The van der Waals surface area contributed by atoms with Crippen molar-refractivity contribution in [1.82, 2.24) is 4.90 Å². The zero-order chi connectivity index (χ0) is 22.2. The Hall–Kier alpha value is -3.74. The average molecular weight is 419 g/mol. The van der Waals surface area contributed by atoms with Crippen LogP contribution in [-0.2, 0) is 19.1 Å². The summed E-state index contributed by atoms with van der Waals surface area (Å²) in [6.45, 7) is 3.60. The van der Waals surface area contributed by atoms with Gasteiger partial charge in [-0.2, -0.15) is 0 Å². The maximum absolute atomic E-state index is 12.8. The summed E-state index contributed by atoms with van der Waals surface area (Å²) < 4.78 is 10.4. The van der Waals surface area contributed by atoms with Gasteiger partial charge in [-0.15, -0.1) is 0 Å². The molecule has 7 nitrogen and oxygen atoms in total. The highest BCUT2D eigenvalue weighted by Gasteiger charge is 2.46. The van der Waals surface area contributed by atoms with Gasteiger partial charge in [0.15, 0.2) is 0 Å². The summed E-state index contributed by atoms with van der Waals surface area (Å²) in [5, 5.41) is 0. The van der Waals surface area contributed by atoms with E-state index in [2.05, 4.69) is 0 Å². The number of fused-ring (bicyclic) bond motifs is 1. The minimum Gasteiger partial charge on any atom is -0.462 e. The van der Waals surface area contributed by atoms with E-state index in [1.165, 1.54) is 6.08 Å². The van der Waals surface area contributed by atoms with Crippen LogP contribution in [-0.4, -0.2) is 47.9 Å². The predicted molar refractivity (Wildman–Crippen MR) is 111 cm³/mol. The molecule has 0 spiro atoms. The fraction of sp³-hybridized carbons (Fsp3) is 0.250. The maximum atomic E-state index is 12.8. The van der Waals surface area contributed by atoms with Gasteiger partial charge in [-0.1, -0.05) is 56.3 Å². The first-order chi connectivity index (χ1) is 14.8. The number of carbonyl (C=O) groups is 4. The van der Waals surface area contributed by atoms with Gasteiger partial charge < -0.3 is 9.47 Å². The number of ether oxygens (including phenoxy) is 2. The molecule has 0 aromatic heterocycles. The molecule has 2 amide bonds. The fourth-order valence-electron chi connectivity index (χ4n) is 3.65. The van der Waals surface area contributed by atoms with Crippen LogP contribution in [0.1, 0.15) is 40.1 Å². The van der Waals surface area contributed by atoms with E-state index in [1.54, 1.807) is 62.4 Å². The highest BCUT2D eigenvalue weighted by atomic mass is 16.6. The second-order valence-corrected chi connectivity index (χ2v) is 8.19. The molecule has 1 atom stereocenters. The molecule has 31 heavy (non-hydrogen) atoms. The Labute approximate surface area is 179 Å². The summed E-state index contributed by atoms with van der Waals surface area (Å²) >= 11 is 0. The van der Waals surface area contributed by atoms with Crippen molar-refractivity contribution in [1.29, 1.82) is 0 Å². The third kappa shape index (κ3) is 3.86. The summed E-state index contributed by atoms with van der Waals surface area (Å²) in [6.07, 6.45) is 0.202. The Balaban J connectivity index is 1.62. The summed E-state index contributed by atoms with van der Waals surface area (Å²) in [4.78, 5) is 51.3. The van der Waals surface area contributed by atoms with Gasteiger partial charge in [-0.05, 0) is 23.3 Å². The minimum atomic E-state index is -1.02. The summed E-state index contributed by atoms with van der Waals surface area (Å²) in [6, 6.07) is 15.5. The van der Waals surface area contributed by atoms with E-state index in [1.807, 2.05) is 6.07 Å². The Bertz CT molecular complexity index is 1070. The van der Waals surface area contributed by atoms with E-state index in [0.29, 0.717) is 22.3 Å². The van der Waals surface area contributed by atoms with Crippen molar-refractivity contribution < 1.29 is 28.7 Å². The quantitative estimate of drug-likeness (QED) is 0.421. The second-order valence-electron chi connectivity index (χ2n) is 8.19. The molecule has 7 heteroatoms. The number of nitrogens with zero attached hydrogens (tertiary/aromatic N) is 1. The molecule has 0 unspecified atom stereocenters. The van der Waals surface area contributed by atoms with E-state index in [0.717, 1.165) is 4.90 Å². The van der Waals surface area contributed by atoms with Crippen LogP contribution in [0.4, 0.5) is 0 Å². The second kappa shape index (κ2) is 7.83. The van der Waals surface area contributed by atoms with Gasteiger partial charge in [-0.25, -0.2) is 9.59 Å². The molecule has 2 aromatic carbocycles. The van der Waals surface area contributed by atoms with Crippen LogP contribution in [0.5, 0.6) is 0 Å². The Kier molecular flexibility index (Phi) is 5.19. The van der Waals surface area contributed by atoms with Crippen molar-refractivity contribution in [2.24, 2.45) is 5.41 Å². The third-order valence-corrected chi connectivity index (χ3v) is 5.39. The van der Waals surface area contributed by atoms with Crippen molar-refractivity contribution in [2.75, 3.05) is 13.2 Å². The average Bonchev–Trinajstić information content (AvgIpc) is 3.16. The van der Waals surface area contributed by atoms with Crippen LogP contribution in [0, 0.1) is 5.41 Å². The van der Waals surface area contributed by atoms with Gasteiger partial charge in [0.1, 0.15) is 6.61 Å². The van der Waals surface area contributed by atoms with E-state index < -0.39 is 35.3 Å². The molecule has 2 aliphatic heterocycles. The molecule has 0 aliphatic carbocycles. The Morgan fingerprint density at radius 3 is 2.16 bits per heavy atom. The lowest BCUT2D eigenvalue weighted by atomic mass is 9.90. The number of hydrogen-bond acceptors (Lipinski definition) is 6. The van der Waals surface area contributed by atoms with Crippen LogP contribution in [0.15, 0.2) is 60.7 Å². The van der Waals surface area contributed by atoms with Gasteiger partial charge >= 0.3 is 11.9 Å².